The molecule has 3 aliphatic heterocycles. The van der Waals surface area contributed by atoms with Crippen molar-refractivity contribution in [2.24, 2.45) is 0 Å². The molecule has 0 N–H and O–H groups in total. The number of halogens is 2. The second-order valence-corrected chi connectivity index (χ2v) is 7.28. The summed E-state index contributed by atoms with van der Waals surface area (Å²) < 4.78 is 35.2. The molecule has 0 amide bonds. The molecule has 1 fully saturated rings. The summed E-state index contributed by atoms with van der Waals surface area (Å²) >= 11 is 0. The van der Waals surface area contributed by atoms with E-state index in [1.807, 2.05) is 0 Å². The highest BCUT2D eigenvalue weighted by atomic mass is 19.1. The van der Waals surface area contributed by atoms with Crippen LogP contribution in [0.3, 0.4) is 0 Å². The first-order chi connectivity index (χ1) is 11.8. The molecule has 4 nitrogen and oxygen atoms in total. The number of hydrogen-bond acceptors (Lipinski definition) is 4. The van der Waals surface area contributed by atoms with Crippen molar-refractivity contribution in [1.82, 2.24) is 9.80 Å². The van der Waals surface area contributed by atoms with Gasteiger partial charge in [0, 0.05) is 37.3 Å². The predicted octanol–water partition coefficient (Wildman–Crippen LogP) is 2.94. The number of nitrogens with zero attached hydrogens (tertiary/aromatic N) is 3. The lowest BCUT2D eigenvalue weighted by Crippen LogP contribution is -2.58. The van der Waals surface area contributed by atoms with Crippen LogP contribution in [0.2, 0.25) is 0 Å². The van der Waals surface area contributed by atoms with E-state index in [0.29, 0.717) is 35.4 Å². The van der Waals surface area contributed by atoms with Gasteiger partial charge in [0.25, 0.3) is 0 Å². The van der Waals surface area contributed by atoms with Gasteiger partial charge in [-0.15, -0.1) is 0 Å². The second-order valence-electron chi connectivity index (χ2n) is 7.28. The minimum atomic E-state index is -0.534. The summed E-state index contributed by atoms with van der Waals surface area (Å²) in [5, 5.41) is 0. The van der Waals surface area contributed by atoms with E-state index in [0.717, 1.165) is 18.8 Å². The lowest BCUT2D eigenvalue weighted by atomic mass is 9.94. The Bertz CT molecular complexity index is 804. The highest BCUT2D eigenvalue weighted by Crippen LogP contribution is 2.46. The van der Waals surface area contributed by atoms with Crippen LogP contribution < -0.4 is 4.90 Å². The maximum absolute atomic E-state index is 14.9. The normalized spacial score (nSPS) is 26.2. The zero-order chi connectivity index (χ0) is 18.0. The summed E-state index contributed by atoms with van der Waals surface area (Å²) in [5.74, 6) is -0.437. The summed E-state index contributed by atoms with van der Waals surface area (Å²) in [5.41, 5.74) is 2.33. The van der Waals surface area contributed by atoms with Crippen molar-refractivity contribution in [3.05, 3.63) is 46.9 Å². The molecule has 0 aliphatic carbocycles. The Morgan fingerprint density at radius 3 is 2.68 bits per heavy atom. The Kier molecular flexibility index (Phi) is 3.58. The highest BCUT2D eigenvalue weighted by Gasteiger charge is 2.42. The van der Waals surface area contributed by atoms with Gasteiger partial charge in [-0.3, -0.25) is 4.90 Å². The molecule has 0 aromatic heterocycles. The third kappa shape index (κ3) is 2.20. The molecule has 4 rings (SSSR count). The molecule has 0 spiro atoms. The maximum Gasteiger partial charge on any atom is 0.166 e. The SMILES string of the molecule is C=C1C2=C(c3cc(F)c(C)c(F)c3N1C)N1CC(C)N(C)CC1CO2. The van der Waals surface area contributed by atoms with Crippen molar-refractivity contribution in [2.75, 3.05) is 38.7 Å². The first kappa shape index (κ1) is 16.4. The smallest absolute Gasteiger partial charge is 0.166 e. The van der Waals surface area contributed by atoms with Crippen LogP contribution in [0.1, 0.15) is 18.1 Å². The van der Waals surface area contributed by atoms with Crippen LogP contribution in [-0.4, -0.2) is 55.7 Å². The van der Waals surface area contributed by atoms with Crippen LogP contribution in [0, 0.1) is 18.6 Å². The van der Waals surface area contributed by atoms with E-state index >= 15 is 0 Å². The van der Waals surface area contributed by atoms with E-state index < -0.39 is 11.6 Å². The molecule has 1 aromatic carbocycles. The largest absolute Gasteiger partial charge is 0.487 e. The van der Waals surface area contributed by atoms with Crippen LogP contribution in [0.15, 0.2) is 24.1 Å². The first-order valence-corrected chi connectivity index (χ1v) is 8.57. The first-order valence-electron chi connectivity index (χ1n) is 8.57. The van der Waals surface area contributed by atoms with Crippen LogP contribution in [0.4, 0.5) is 14.5 Å². The average molecular weight is 347 g/mol. The second kappa shape index (κ2) is 5.46. The fourth-order valence-electron chi connectivity index (χ4n) is 3.98. The van der Waals surface area contributed by atoms with E-state index in [2.05, 4.69) is 30.4 Å². The van der Waals surface area contributed by atoms with Crippen molar-refractivity contribution in [3.8, 4) is 0 Å². The van der Waals surface area contributed by atoms with Crippen LogP contribution in [-0.2, 0) is 4.74 Å². The standard InChI is InChI=1S/C19H23F2N3O/c1-10-7-24-13(8-22(10)4)9-25-19-12(3)23(5)17-14(18(19)24)6-15(20)11(2)16(17)21/h6,10,13H,3,7-9H2,1-2,4-5H3. The highest BCUT2D eigenvalue weighted by molar-refractivity contribution is 5.86. The Balaban J connectivity index is 1.93. The summed E-state index contributed by atoms with van der Waals surface area (Å²) in [6, 6.07) is 1.94. The number of likely N-dealkylation sites (N-methyl/N-ethyl adjacent to an activating group) is 2. The molecule has 6 heteroatoms. The number of rotatable bonds is 0. The third-order valence-electron chi connectivity index (χ3n) is 5.75. The van der Waals surface area contributed by atoms with Crippen molar-refractivity contribution in [1.29, 1.82) is 0 Å². The minimum Gasteiger partial charge on any atom is -0.487 e. The molecule has 0 bridgehead atoms. The van der Waals surface area contributed by atoms with Crippen molar-refractivity contribution in [3.63, 3.8) is 0 Å². The van der Waals surface area contributed by atoms with Gasteiger partial charge < -0.3 is 14.5 Å². The average Bonchev–Trinajstić information content (AvgIpc) is 2.57. The molecule has 3 aliphatic rings. The van der Waals surface area contributed by atoms with E-state index in [4.69, 9.17) is 4.74 Å². The van der Waals surface area contributed by atoms with Crippen molar-refractivity contribution >= 4 is 11.4 Å². The third-order valence-corrected chi connectivity index (χ3v) is 5.75. The van der Waals surface area contributed by atoms with Gasteiger partial charge in [0.15, 0.2) is 11.6 Å². The van der Waals surface area contributed by atoms with Gasteiger partial charge in [-0.25, -0.2) is 8.78 Å². The molecule has 1 saturated heterocycles. The van der Waals surface area contributed by atoms with Gasteiger partial charge in [0.1, 0.15) is 12.4 Å². The van der Waals surface area contributed by atoms with Crippen LogP contribution in [0.5, 0.6) is 0 Å². The Labute approximate surface area is 147 Å². The molecule has 0 radical (unpaired) electrons. The van der Waals surface area contributed by atoms with Crippen molar-refractivity contribution < 1.29 is 13.5 Å². The van der Waals surface area contributed by atoms with E-state index in [-0.39, 0.29) is 11.6 Å². The zero-order valence-corrected chi connectivity index (χ0v) is 15.1. The topological polar surface area (TPSA) is 19.0 Å². The monoisotopic (exact) mass is 347 g/mol. The summed E-state index contributed by atoms with van der Waals surface area (Å²) in [4.78, 5) is 6.20. The minimum absolute atomic E-state index is 0.0301. The van der Waals surface area contributed by atoms with Crippen LogP contribution >= 0.6 is 0 Å². The molecule has 2 atom stereocenters. The van der Waals surface area contributed by atoms with E-state index in [1.54, 1.807) is 11.9 Å². The molecule has 2 unspecified atom stereocenters. The molecule has 134 valence electrons. The maximum atomic E-state index is 14.9. The summed E-state index contributed by atoms with van der Waals surface area (Å²) in [7, 11) is 3.84. The van der Waals surface area contributed by atoms with Gasteiger partial charge >= 0.3 is 0 Å². The van der Waals surface area contributed by atoms with Crippen molar-refractivity contribution in [2.45, 2.75) is 25.9 Å². The molecular weight excluding hydrogens is 324 g/mol. The number of hydrogen-bond donors (Lipinski definition) is 0. The van der Waals surface area contributed by atoms with Gasteiger partial charge in [-0.05, 0) is 27.0 Å². The Morgan fingerprint density at radius 1 is 1.24 bits per heavy atom. The fraction of sp³-hybridized carbons (Fsp3) is 0.474. The van der Waals surface area contributed by atoms with Gasteiger partial charge in [-0.2, -0.15) is 0 Å². The summed E-state index contributed by atoms with van der Waals surface area (Å²) in [6.45, 7) is 9.90. The lowest BCUT2D eigenvalue weighted by molar-refractivity contribution is 0.0281. The quantitative estimate of drug-likeness (QED) is 0.718. The zero-order valence-electron chi connectivity index (χ0n) is 15.1. The molecule has 0 saturated carbocycles. The number of anilines is 1. The Morgan fingerprint density at radius 2 is 1.96 bits per heavy atom. The van der Waals surface area contributed by atoms with Gasteiger partial charge in [-0.1, -0.05) is 6.58 Å². The number of fused-ring (bicyclic) bond motifs is 4. The van der Waals surface area contributed by atoms with Gasteiger partial charge in [0.2, 0.25) is 0 Å². The number of ether oxygens (including phenoxy) is 1. The van der Waals surface area contributed by atoms with Gasteiger partial charge in [0.05, 0.1) is 23.1 Å². The molecular formula is C19H23F2N3O. The van der Waals surface area contributed by atoms with E-state index in [9.17, 15) is 8.78 Å². The fourth-order valence-corrected chi connectivity index (χ4v) is 3.98. The van der Waals surface area contributed by atoms with E-state index in [1.165, 1.54) is 13.0 Å². The number of piperazine rings is 1. The Hall–Kier alpha value is -2.08. The lowest BCUT2D eigenvalue weighted by Gasteiger charge is -2.50. The predicted molar refractivity (Wildman–Crippen MR) is 94.1 cm³/mol. The van der Waals surface area contributed by atoms with Crippen LogP contribution in [0.25, 0.3) is 5.70 Å². The molecule has 3 heterocycles. The molecule has 1 aromatic rings. The summed E-state index contributed by atoms with van der Waals surface area (Å²) in [6.07, 6.45) is 0. The molecule has 25 heavy (non-hydrogen) atoms. The number of benzene rings is 1.